The first-order valence-electron chi connectivity index (χ1n) is 8.67. The van der Waals surface area contributed by atoms with Crippen LogP contribution in [0.5, 0.6) is 0 Å². The molecule has 1 aromatic heterocycles. The molecule has 1 heterocycles. The third-order valence-corrected chi connectivity index (χ3v) is 4.41. The summed E-state index contributed by atoms with van der Waals surface area (Å²) in [6.45, 7) is 7.35. The van der Waals surface area contributed by atoms with Crippen LogP contribution in [0.4, 0.5) is 0 Å². The molecule has 25 heavy (non-hydrogen) atoms. The second-order valence-corrected chi connectivity index (χ2v) is 6.29. The number of hydrogen-bond acceptors (Lipinski definition) is 4. The van der Waals surface area contributed by atoms with Crippen LogP contribution in [0, 0.1) is 6.92 Å². The molecule has 136 valence electrons. The number of carbonyl (C=O) groups excluding carboxylic acids is 2. The molecule has 1 atom stereocenters. The first kappa shape index (κ1) is 19.0. The molecular formula is C19H27N3O3. The number of amides is 2. The third kappa shape index (κ3) is 4.82. The maximum atomic E-state index is 12.3. The summed E-state index contributed by atoms with van der Waals surface area (Å²) >= 11 is 0. The van der Waals surface area contributed by atoms with Gasteiger partial charge >= 0.3 is 0 Å². The van der Waals surface area contributed by atoms with E-state index in [0.717, 1.165) is 23.0 Å². The summed E-state index contributed by atoms with van der Waals surface area (Å²) in [6, 6.07) is 7.75. The van der Waals surface area contributed by atoms with Gasteiger partial charge in [0.15, 0.2) is 5.76 Å². The third-order valence-electron chi connectivity index (χ3n) is 4.41. The molecular weight excluding hydrogens is 318 g/mol. The van der Waals surface area contributed by atoms with Gasteiger partial charge < -0.3 is 20.0 Å². The van der Waals surface area contributed by atoms with Gasteiger partial charge in [-0.25, -0.2) is 0 Å². The number of rotatable bonds is 8. The van der Waals surface area contributed by atoms with Crippen LogP contribution in [-0.4, -0.2) is 49.4 Å². The standard InChI is InChI=1S/C19H27N3O3/c1-5-22(4)17(23)12-21-13(2)10-11-20-19(24)18-14(3)15-8-6-7-9-16(15)25-18/h6-9,13,21H,5,10-12H2,1-4H3,(H,20,24)/t13-/m0/s1. The largest absolute Gasteiger partial charge is 0.451 e. The monoisotopic (exact) mass is 345 g/mol. The predicted molar refractivity (Wildman–Crippen MR) is 98.7 cm³/mol. The minimum Gasteiger partial charge on any atom is -0.451 e. The molecule has 0 unspecified atom stereocenters. The van der Waals surface area contributed by atoms with Gasteiger partial charge in [0, 0.05) is 37.1 Å². The molecule has 0 bridgehead atoms. The summed E-state index contributed by atoms with van der Waals surface area (Å²) in [4.78, 5) is 25.7. The lowest BCUT2D eigenvalue weighted by Gasteiger charge is -2.18. The fraction of sp³-hybridized carbons (Fsp3) is 0.474. The van der Waals surface area contributed by atoms with Crippen molar-refractivity contribution in [1.29, 1.82) is 0 Å². The maximum absolute atomic E-state index is 12.3. The molecule has 1 aromatic carbocycles. The molecule has 6 nitrogen and oxygen atoms in total. The smallest absolute Gasteiger partial charge is 0.287 e. The molecule has 6 heteroatoms. The van der Waals surface area contributed by atoms with Gasteiger partial charge in [-0.3, -0.25) is 9.59 Å². The lowest BCUT2D eigenvalue weighted by molar-refractivity contribution is -0.128. The Balaban J connectivity index is 1.80. The number of para-hydroxylation sites is 1. The number of likely N-dealkylation sites (N-methyl/N-ethyl adjacent to an activating group) is 1. The lowest BCUT2D eigenvalue weighted by atomic mass is 10.1. The number of benzene rings is 1. The Hall–Kier alpha value is -2.34. The SMILES string of the molecule is CCN(C)C(=O)CN[C@@H](C)CCNC(=O)c1oc2ccccc2c1C. The maximum Gasteiger partial charge on any atom is 0.287 e. The number of aryl methyl sites for hydroxylation is 1. The molecule has 0 aliphatic carbocycles. The highest BCUT2D eigenvalue weighted by molar-refractivity contribution is 5.98. The van der Waals surface area contributed by atoms with Crippen molar-refractivity contribution in [3.63, 3.8) is 0 Å². The van der Waals surface area contributed by atoms with E-state index in [-0.39, 0.29) is 17.9 Å². The van der Waals surface area contributed by atoms with E-state index in [9.17, 15) is 9.59 Å². The molecule has 0 saturated heterocycles. The van der Waals surface area contributed by atoms with Crippen molar-refractivity contribution in [2.24, 2.45) is 0 Å². The van der Waals surface area contributed by atoms with Gasteiger partial charge in [0.25, 0.3) is 5.91 Å². The van der Waals surface area contributed by atoms with Crippen molar-refractivity contribution >= 4 is 22.8 Å². The van der Waals surface area contributed by atoms with Crippen LogP contribution in [0.3, 0.4) is 0 Å². The molecule has 0 spiro atoms. The van der Waals surface area contributed by atoms with E-state index in [0.29, 0.717) is 25.4 Å². The number of nitrogens with zero attached hydrogens (tertiary/aromatic N) is 1. The topological polar surface area (TPSA) is 74.6 Å². The van der Waals surface area contributed by atoms with Crippen LogP contribution in [0.1, 0.15) is 36.4 Å². The van der Waals surface area contributed by atoms with E-state index in [1.54, 1.807) is 11.9 Å². The zero-order valence-electron chi connectivity index (χ0n) is 15.4. The van der Waals surface area contributed by atoms with E-state index < -0.39 is 0 Å². The molecule has 0 saturated carbocycles. The molecule has 0 radical (unpaired) electrons. The van der Waals surface area contributed by atoms with Gasteiger partial charge in [0.05, 0.1) is 6.54 Å². The van der Waals surface area contributed by atoms with Gasteiger partial charge in [-0.2, -0.15) is 0 Å². The van der Waals surface area contributed by atoms with Crippen molar-refractivity contribution in [2.75, 3.05) is 26.7 Å². The molecule has 0 aliphatic heterocycles. The summed E-state index contributed by atoms with van der Waals surface area (Å²) in [7, 11) is 1.78. The minimum atomic E-state index is -0.206. The molecule has 2 aromatic rings. The normalized spacial score (nSPS) is 12.2. The van der Waals surface area contributed by atoms with Crippen LogP contribution in [0.15, 0.2) is 28.7 Å². The highest BCUT2D eigenvalue weighted by atomic mass is 16.3. The highest BCUT2D eigenvalue weighted by Gasteiger charge is 2.17. The molecule has 0 fully saturated rings. The highest BCUT2D eigenvalue weighted by Crippen LogP contribution is 2.24. The van der Waals surface area contributed by atoms with Crippen molar-refractivity contribution in [3.05, 3.63) is 35.6 Å². The second kappa shape index (κ2) is 8.67. The van der Waals surface area contributed by atoms with E-state index >= 15 is 0 Å². The van der Waals surface area contributed by atoms with Crippen LogP contribution in [0.25, 0.3) is 11.0 Å². The summed E-state index contributed by atoms with van der Waals surface area (Å²) in [6.07, 6.45) is 0.730. The fourth-order valence-electron chi connectivity index (χ4n) is 2.55. The molecule has 2 rings (SSSR count). The summed E-state index contributed by atoms with van der Waals surface area (Å²) in [5, 5.41) is 7.02. The van der Waals surface area contributed by atoms with E-state index in [1.165, 1.54) is 0 Å². The first-order chi connectivity index (χ1) is 11.9. The van der Waals surface area contributed by atoms with Crippen LogP contribution in [-0.2, 0) is 4.79 Å². The van der Waals surface area contributed by atoms with E-state index in [2.05, 4.69) is 10.6 Å². The number of fused-ring (bicyclic) bond motifs is 1. The number of carbonyl (C=O) groups is 2. The van der Waals surface area contributed by atoms with E-state index in [1.807, 2.05) is 45.0 Å². The van der Waals surface area contributed by atoms with Gasteiger partial charge in [-0.05, 0) is 33.3 Å². The van der Waals surface area contributed by atoms with E-state index in [4.69, 9.17) is 4.42 Å². The number of hydrogen-bond donors (Lipinski definition) is 2. The number of furan rings is 1. The Bertz CT molecular complexity index is 739. The van der Waals surface area contributed by atoms with Crippen LogP contribution in [0.2, 0.25) is 0 Å². The van der Waals surface area contributed by atoms with Crippen molar-refractivity contribution in [3.8, 4) is 0 Å². The molecule has 0 aliphatic rings. The fourth-order valence-corrected chi connectivity index (χ4v) is 2.55. The summed E-state index contributed by atoms with van der Waals surface area (Å²) in [5.41, 5.74) is 1.58. The zero-order chi connectivity index (χ0) is 18.4. The molecule has 2 N–H and O–H groups in total. The van der Waals surface area contributed by atoms with Gasteiger partial charge in [-0.1, -0.05) is 18.2 Å². The Morgan fingerprint density at radius 2 is 2.00 bits per heavy atom. The Morgan fingerprint density at radius 1 is 1.28 bits per heavy atom. The minimum absolute atomic E-state index is 0.0660. The Morgan fingerprint density at radius 3 is 2.68 bits per heavy atom. The first-order valence-corrected chi connectivity index (χ1v) is 8.67. The summed E-state index contributed by atoms with van der Waals surface area (Å²) < 4.78 is 5.66. The average molecular weight is 345 g/mol. The van der Waals surface area contributed by atoms with Crippen molar-refractivity contribution in [2.45, 2.75) is 33.2 Å². The van der Waals surface area contributed by atoms with Gasteiger partial charge in [-0.15, -0.1) is 0 Å². The number of nitrogens with one attached hydrogen (secondary N) is 2. The predicted octanol–water partition coefficient (Wildman–Crippen LogP) is 2.32. The Kier molecular flexibility index (Phi) is 6.58. The quantitative estimate of drug-likeness (QED) is 0.770. The van der Waals surface area contributed by atoms with Crippen molar-refractivity contribution in [1.82, 2.24) is 15.5 Å². The van der Waals surface area contributed by atoms with Crippen LogP contribution < -0.4 is 10.6 Å². The molecule has 2 amide bonds. The lowest BCUT2D eigenvalue weighted by Crippen LogP contribution is -2.40. The summed E-state index contributed by atoms with van der Waals surface area (Å²) in [5.74, 6) is 0.223. The van der Waals surface area contributed by atoms with Crippen molar-refractivity contribution < 1.29 is 14.0 Å². The van der Waals surface area contributed by atoms with Crippen LogP contribution >= 0.6 is 0 Å². The second-order valence-electron chi connectivity index (χ2n) is 6.29. The zero-order valence-corrected chi connectivity index (χ0v) is 15.4. The Labute approximate surface area is 148 Å². The average Bonchev–Trinajstić information content (AvgIpc) is 2.96. The van der Waals surface area contributed by atoms with Gasteiger partial charge in [0.2, 0.25) is 5.91 Å². The van der Waals surface area contributed by atoms with Gasteiger partial charge in [0.1, 0.15) is 5.58 Å².